The van der Waals surface area contributed by atoms with E-state index in [1.807, 2.05) is 30.9 Å². The average molecular weight is 368 g/mol. The number of halogens is 2. The summed E-state index contributed by atoms with van der Waals surface area (Å²) in [6.45, 7) is 4.28. The van der Waals surface area contributed by atoms with E-state index in [0.717, 1.165) is 4.57 Å². The number of benzene rings is 1. The molecule has 136 valence electrons. The molecular weight excluding hydrogens is 346 g/mol. The molecule has 0 radical (unpaired) electrons. The van der Waals surface area contributed by atoms with Crippen molar-refractivity contribution in [1.82, 2.24) is 18.9 Å². The highest BCUT2D eigenvalue weighted by atomic mass is 32.1. The van der Waals surface area contributed by atoms with Gasteiger partial charge in [-0.3, -0.25) is 14.3 Å². The van der Waals surface area contributed by atoms with E-state index < -0.39 is 6.55 Å². The Morgan fingerprint density at radius 2 is 1.72 bits per heavy atom. The van der Waals surface area contributed by atoms with Crippen molar-refractivity contribution in [3.63, 3.8) is 0 Å². The molecule has 0 unspecified atom stereocenters. The maximum atomic E-state index is 13.4. The Morgan fingerprint density at radius 3 is 2.28 bits per heavy atom. The van der Waals surface area contributed by atoms with Crippen LogP contribution in [0.25, 0.3) is 11.0 Å². The molecule has 0 N–H and O–H groups in total. The van der Waals surface area contributed by atoms with Gasteiger partial charge in [-0.2, -0.15) is 8.78 Å². The number of aromatic nitrogens is 2. The maximum Gasteiger partial charge on any atom is 0.321 e. The normalized spacial score (nSPS) is 16.3. The van der Waals surface area contributed by atoms with Gasteiger partial charge in [-0.15, -0.1) is 0 Å². The van der Waals surface area contributed by atoms with E-state index >= 15 is 0 Å². The molecule has 1 saturated heterocycles. The molecule has 0 aliphatic carbocycles. The summed E-state index contributed by atoms with van der Waals surface area (Å²) in [6, 6.07) is 7.02. The summed E-state index contributed by atoms with van der Waals surface area (Å²) in [4.78, 5) is 16.1. The van der Waals surface area contributed by atoms with Gasteiger partial charge in [0.2, 0.25) is 5.91 Å². The average Bonchev–Trinajstić information content (AvgIpc) is 2.87. The molecule has 0 bridgehead atoms. The van der Waals surface area contributed by atoms with Gasteiger partial charge in [-0.05, 0) is 24.4 Å². The van der Waals surface area contributed by atoms with Crippen LogP contribution in [0.4, 0.5) is 8.78 Å². The Kier molecular flexibility index (Phi) is 5.19. The van der Waals surface area contributed by atoms with Gasteiger partial charge in [0, 0.05) is 32.1 Å². The summed E-state index contributed by atoms with van der Waals surface area (Å²) in [5.41, 5.74) is 1.14. The second-order valence-corrected chi connectivity index (χ2v) is 6.95. The largest absolute Gasteiger partial charge is 0.340 e. The van der Waals surface area contributed by atoms with Gasteiger partial charge in [0.25, 0.3) is 0 Å². The minimum atomic E-state index is -2.67. The number of rotatable bonds is 4. The Hall–Kier alpha value is -1.80. The lowest BCUT2D eigenvalue weighted by Crippen LogP contribution is -2.50. The van der Waals surface area contributed by atoms with Crippen LogP contribution in [0, 0.1) is 10.7 Å². The predicted octanol–water partition coefficient (Wildman–Crippen LogP) is 3.33. The number of imidazole rings is 1. The van der Waals surface area contributed by atoms with Crippen LogP contribution in [-0.4, -0.2) is 51.0 Å². The van der Waals surface area contributed by atoms with E-state index in [1.165, 1.54) is 0 Å². The molecule has 0 atom stereocenters. The number of piperazine rings is 1. The molecule has 5 nitrogen and oxygen atoms in total. The summed E-state index contributed by atoms with van der Waals surface area (Å²) in [5.74, 6) is 0.148. The van der Waals surface area contributed by atoms with Gasteiger partial charge in [0.15, 0.2) is 4.77 Å². The van der Waals surface area contributed by atoms with Gasteiger partial charge in [-0.1, -0.05) is 26.0 Å². The lowest BCUT2D eigenvalue weighted by molar-refractivity contribution is -0.136. The van der Waals surface area contributed by atoms with Crippen LogP contribution >= 0.6 is 12.2 Å². The van der Waals surface area contributed by atoms with Gasteiger partial charge in [0.05, 0.1) is 17.7 Å². The Bertz CT molecular complexity index is 822. The van der Waals surface area contributed by atoms with Gasteiger partial charge in [-0.25, -0.2) is 0 Å². The summed E-state index contributed by atoms with van der Waals surface area (Å²) in [5, 5.41) is 0. The molecular formula is C17H22F2N4OS. The molecule has 2 heterocycles. The topological polar surface area (TPSA) is 33.4 Å². The number of para-hydroxylation sites is 2. The van der Waals surface area contributed by atoms with Crippen LogP contribution in [0.3, 0.4) is 0 Å². The number of carbonyl (C=O) groups is 1. The summed E-state index contributed by atoms with van der Waals surface area (Å²) >= 11 is 5.29. The molecule has 0 spiro atoms. The number of carbonyl (C=O) groups excluding carboxylic acids is 1. The van der Waals surface area contributed by atoms with Crippen molar-refractivity contribution in [3.05, 3.63) is 29.0 Å². The fourth-order valence-electron chi connectivity index (χ4n) is 3.23. The van der Waals surface area contributed by atoms with Crippen molar-refractivity contribution >= 4 is 29.2 Å². The van der Waals surface area contributed by atoms with Crippen molar-refractivity contribution in [1.29, 1.82) is 0 Å². The summed E-state index contributed by atoms with van der Waals surface area (Å²) < 4.78 is 29.5. The molecule has 2 aromatic rings. The third kappa shape index (κ3) is 3.46. The smallest absolute Gasteiger partial charge is 0.321 e. The first-order chi connectivity index (χ1) is 11.9. The van der Waals surface area contributed by atoms with E-state index in [0.29, 0.717) is 43.9 Å². The lowest BCUT2D eigenvalue weighted by Gasteiger charge is -2.35. The predicted molar refractivity (Wildman–Crippen MR) is 95.0 cm³/mol. The van der Waals surface area contributed by atoms with Crippen molar-refractivity contribution in [2.75, 3.05) is 26.2 Å². The zero-order valence-electron chi connectivity index (χ0n) is 14.4. The van der Waals surface area contributed by atoms with Crippen molar-refractivity contribution in [2.24, 2.45) is 5.92 Å². The second kappa shape index (κ2) is 7.21. The molecule has 1 amide bonds. The number of hydrogen-bond donors (Lipinski definition) is 0. The second-order valence-electron chi connectivity index (χ2n) is 6.59. The van der Waals surface area contributed by atoms with Crippen LogP contribution in [0.1, 0.15) is 20.4 Å². The minimum absolute atomic E-state index is 0.0100. The number of hydrogen-bond acceptors (Lipinski definition) is 3. The van der Waals surface area contributed by atoms with Gasteiger partial charge < -0.3 is 9.47 Å². The molecule has 1 aliphatic rings. The highest BCUT2D eigenvalue weighted by molar-refractivity contribution is 7.71. The highest BCUT2D eigenvalue weighted by Gasteiger charge is 2.24. The Morgan fingerprint density at radius 1 is 1.12 bits per heavy atom. The number of alkyl halides is 2. The molecule has 1 aromatic carbocycles. The summed E-state index contributed by atoms with van der Waals surface area (Å²) in [7, 11) is 0. The van der Waals surface area contributed by atoms with Crippen LogP contribution in [0.5, 0.6) is 0 Å². The zero-order chi connectivity index (χ0) is 18.1. The van der Waals surface area contributed by atoms with Crippen LogP contribution < -0.4 is 0 Å². The molecule has 1 fully saturated rings. The van der Waals surface area contributed by atoms with Gasteiger partial charge >= 0.3 is 6.55 Å². The Balaban J connectivity index is 1.80. The minimum Gasteiger partial charge on any atom is -0.340 e. The van der Waals surface area contributed by atoms with Crippen molar-refractivity contribution < 1.29 is 13.6 Å². The molecule has 0 saturated carbocycles. The standard InChI is InChI=1S/C17H22F2N4OS/c1-12(2)15(24)21-9-7-20(8-10-21)11-22-13-5-3-4-6-14(13)23(16(18)19)17(22)25/h3-6,12,16H,7-11H2,1-2H3. The third-order valence-corrected chi connectivity index (χ3v) is 5.00. The highest BCUT2D eigenvalue weighted by Crippen LogP contribution is 2.24. The summed E-state index contributed by atoms with van der Waals surface area (Å²) in [6.07, 6.45) is 0. The first kappa shape index (κ1) is 18.0. The van der Waals surface area contributed by atoms with Crippen LogP contribution in [0.15, 0.2) is 24.3 Å². The fourth-order valence-corrected chi connectivity index (χ4v) is 3.57. The quantitative estimate of drug-likeness (QED) is 0.777. The van der Waals surface area contributed by atoms with E-state index in [-0.39, 0.29) is 16.6 Å². The molecule has 8 heteroatoms. The molecule has 1 aromatic heterocycles. The van der Waals surface area contributed by atoms with Crippen molar-refractivity contribution in [3.8, 4) is 0 Å². The van der Waals surface area contributed by atoms with E-state index in [1.54, 1.807) is 16.7 Å². The first-order valence-electron chi connectivity index (χ1n) is 8.39. The lowest BCUT2D eigenvalue weighted by atomic mass is 10.1. The fraction of sp³-hybridized carbons (Fsp3) is 0.529. The SMILES string of the molecule is CC(C)C(=O)N1CCN(Cn2c(=S)n(C(F)F)c3ccccc32)CC1. The number of amides is 1. The van der Waals surface area contributed by atoms with E-state index in [2.05, 4.69) is 4.90 Å². The molecule has 1 aliphatic heterocycles. The zero-order valence-corrected chi connectivity index (χ0v) is 15.2. The van der Waals surface area contributed by atoms with Crippen LogP contribution in [0.2, 0.25) is 0 Å². The number of fused-ring (bicyclic) bond motifs is 1. The van der Waals surface area contributed by atoms with E-state index in [4.69, 9.17) is 12.2 Å². The molecule has 25 heavy (non-hydrogen) atoms. The monoisotopic (exact) mass is 368 g/mol. The van der Waals surface area contributed by atoms with Crippen molar-refractivity contribution in [2.45, 2.75) is 27.1 Å². The van der Waals surface area contributed by atoms with Crippen LogP contribution in [-0.2, 0) is 11.5 Å². The number of nitrogens with zero attached hydrogens (tertiary/aromatic N) is 4. The van der Waals surface area contributed by atoms with E-state index in [9.17, 15) is 13.6 Å². The Labute approximate surface area is 150 Å². The van der Waals surface area contributed by atoms with Gasteiger partial charge in [0.1, 0.15) is 0 Å². The first-order valence-corrected chi connectivity index (χ1v) is 8.80. The third-order valence-electron chi connectivity index (χ3n) is 4.58. The molecule has 3 rings (SSSR count). The maximum absolute atomic E-state index is 13.4.